The SMILES string of the molecule is CCCCC1(CCCC)c2ccccc2-c2ccc(-c3c[c-]c(N4[CH-]N(C)c5ccccc54)cc3)cc21.CN1C=CN(c2[c-]cc(-c3ccc4c(c3)sc3ccccc34)cc2)[CH-]1.CN1[CH-]N(c2[c-]cc(-c3ccc4c5ccccc5n(-c5ccccc5)c4c3)cc2)c2ccccc21.Cc1cc(-c2[c-]cccc2)[n-]n1.Cc1cc(-c2[c-]cccc2)[n-]n1.[Pt+4].[Pt+4].[Pt+4].[c-]1ccccc1-c1[n-]nc2ccccc12. The van der Waals surface area contributed by atoms with Crippen LogP contribution >= 0.6 is 11.3 Å². The van der Waals surface area contributed by atoms with Gasteiger partial charge in [-0.1, -0.05) is 238 Å². The number of para-hydroxylation sites is 6. The molecule has 0 unspecified atom stereocenters. The van der Waals surface area contributed by atoms with E-state index in [1.165, 1.54) is 153 Å². The van der Waals surface area contributed by atoms with Crippen LogP contribution in [0.3, 0.4) is 0 Å². The predicted molar refractivity (Wildman–Crippen MR) is 563 cm³/mol. The molecule has 688 valence electrons. The van der Waals surface area contributed by atoms with Crippen molar-refractivity contribution in [2.75, 3.05) is 45.6 Å². The smallest absolute Gasteiger partial charge is 0.619 e. The first-order valence-corrected chi connectivity index (χ1v) is 47.2. The third-order valence-corrected chi connectivity index (χ3v) is 26.6. The largest absolute Gasteiger partial charge is 4.00 e. The van der Waals surface area contributed by atoms with Crippen LogP contribution in [0.4, 0.5) is 39.8 Å². The topological polar surface area (TPSA) is 105 Å². The number of fused-ring (bicyclic) bond motifs is 12. The summed E-state index contributed by atoms with van der Waals surface area (Å²) in [4.78, 5) is 12.8. The Morgan fingerprint density at radius 3 is 1.37 bits per heavy atom. The molecule has 0 N–H and O–H groups in total. The fraction of sp³-hybridized carbons (Fsp3) is 0.115. The molecule has 0 fully saturated rings. The number of rotatable bonds is 16. The van der Waals surface area contributed by atoms with Gasteiger partial charge in [0.25, 0.3) is 0 Å². The summed E-state index contributed by atoms with van der Waals surface area (Å²) < 4.78 is 5.04. The van der Waals surface area contributed by atoms with E-state index >= 15 is 0 Å². The Hall–Kier alpha value is -14.0. The Bertz CT molecular complexity index is 7640. The van der Waals surface area contributed by atoms with Crippen LogP contribution in [0.5, 0.6) is 0 Å². The van der Waals surface area contributed by atoms with Crippen LogP contribution < -0.4 is 39.8 Å². The van der Waals surface area contributed by atoms with Gasteiger partial charge in [-0.15, -0.1) is 154 Å². The maximum absolute atomic E-state index is 4.18. The number of aryl methyl sites for hydroxylation is 2. The molecule has 0 atom stereocenters. The van der Waals surface area contributed by atoms with Crippen molar-refractivity contribution in [3.05, 3.63) is 461 Å². The molecule has 16 aromatic carbocycles. The zero-order valence-corrected chi connectivity index (χ0v) is 85.7. The Balaban J connectivity index is 0.000000121. The minimum atomic E-state index is 0. The summed E-state index contributed by atoms with van der Waals surface area (Å²) in [6.45, 7) is 14.8. The Morgan fingerprint density at radius 1 is 0.353 bits per heavy atom. The molecule has 17 heteroatoms. The van der Waals surface area contributed by atoms with Gasteiger partial charge in [0.15, 0.2) is 0 Å². The van der Waals surface area contributed by atoms with Crippen LogP contribution in [0.15, 0.2) is 382 Å². The summed E-state index contributed by atoms with van der Waals surface area (Å²) >= 11 is 1.86. The summed E-state index contributed by atoms with van der Waals surface area (Å²) in [5, 5.41) is 30.5. The van der Waals surface area contributed by atoms with Crippen molar-refractivity contribution >= 4 is 104 Å². The first kappa shape index (κ1) is 96.7. The van der Waals surface area contributed by atoms with Crippen molar-refractivity contribution < 1.29 is 63.2 Å². The number of thiophene rings is 1. The van der Waals surface area contributed by atoms with Crippen molar-refractivity contribution in [3.63, 3.8) is 0 Å². The maximum atomic E-state index is 4.18. The molecule has 139 heavy (non-hydrogen) atoms. The van der Waals surface area contributed by atoms with Gasteiger partial charge >= 0.3 is 63.2 Å². The molecular formula is C122H99N13Pt3S. The van der Waals surface area contributed by atoms with Gasteiger partial charge in [-0.3, -0.25) is 0 Å². The quantitative estimate of drug-likeness (QED) is 0.0860. The molecule has 4 aliphatic rings. The van der Waals surface area contributed by atoms with Gasteiger partial charge in [0.1, 0.15) is 0 Å². The molecule has 0 saturated carbocycles. The van der Waals surface area contributed by atoms with Crippen LogP contribution in [0.2, 0.25) is 0 Å². The maximum Gasteiger partial charge on any atom is 4.00 e. The van der Waals surface area contributed by atoms with Crippen molar-refractivity contribution in [2.45, 2.75) is 71.6 Å². The van der Waals surface area contributed by atoms with Gasteiger partial charge < -0.3 is 64.6 Å². The van der Waals surface area contributed by atoms with E-state index in [9.17, 15) is 0 Å². The van der Waals surface area contributed by atoms with Gasteiger partial charge in [0, 0.05) is 81.7 Å². The normalized spacial score (nSPS) is 12.7. The summed E-state index contributed by atoms with van der Waals surface area (Å²) in [5.74, 6) is 0. The number of anilines is 7. The van der Waals surface area contributed by atoms with Gasteiger partial charge in [-0.2, -0.15) is 97.0 Å². The fourth-order valence-electron chi connectivity index (χ4n) is 18.7. The van der Waals surface area contributed by atoms with Crippen molar-refractivity contribution in [1.82, 2.24) is 40.1 Å². The molecule has 13 nitrogen and oxygen atoms in total. The van der Waals surface area contributed by atoms with E-state index in [4.69, 9.17) is 0 Å². The van der Waals surface area contributed by atoms with Gasteiger partial charge in [0.05, 0.1) is 11.0 Å². The van der Waals surface area contributed by atoms with E-state index in [2.05, 4.69) is 398 Å². The van der Waals surface area contributed by atoms with E-state index < -0.39 is 0 Å². The molecule has 25 rings (SSSR count). The number of unbranched alkanes of at least 4 members (excludes halogenated alkanes) is 2. The van der Waals surface area contributed by atoms with E-state index in [1.54, 1.807) is 5.56 Å². The molecule has 0 spiro atoms. The second-order valence-electron chi connectivity index (χ2n) is 34.5. The molecule has 3 aliphatic heterocycles. The fourth-order valence-corrected chi connectivity index (χ4v) is 19.9. The molecule has 0 radical (unpaired) electrons. The summed E-state index contributed by atoms with van der Waals surface area (Å²) in [6, 6.07) is 149. The number of benzene rings is 16. The van der Waals surface area contributed by atoms with Crippen LogP contribution in [0.1, 0.15) is 74.9 Å². The van der Waals surface area contributed by atoms with Crippen LogP contribution in [0, 0.1) is 70.3 Å². The molecule has 0 amide bonds. The van der Waals surface area contributed by atoms with E-state index in [-0.39, 0.29) is 68.6 Å². The number of hydrogen-bond donors (Lipinski definition) is 0. The number of aromatic nitrogens is 7. The monoisotopic (exact) mass is 2360 g/mol. The third-order valence-electron chi connectivity index (χ3n) is 25.5. The molecule has 5 aromatic heterocycles. The summed E-state index contributed by atoms with van der Waals surface area (Å²) in [5.41, 5.74) is 33.4. The summed E-state index contributed by atoms with van der Waals surface area (Å²) in [6.07, 6.45) is 11.5. The second-order valence-corrected chi connectivity index (χ2v) is 35.6. The van der Waals surface area contributed by atoms with Gasteiger partial charge in [-0.25, -0.2) is 11.4 Å². The number of nitrogens with zero attached hydrogens (tertiary/aromatic N) is 13. The summed E-state index contributed by atoms with van der Waals surface area (Å²) in [7, 11) is 6.19. The molecule has 0 saturated heterocycles. The predicted octanol–water partition coefficient (Wildman–Crippen LogP) is 29.6. The van der Waals surface area contributed by atoms with Crippen LogP contribution in [-0.2, 0) is 68.6 Å². The van der Waals surface area contributed by atoms with E-state index in [0.29, 0.717) is 0 Å². The molecular weight excluding hydrogens is 2260 g/mol. The van der Waals surface area contributed by atoms with Crippen LogP contribution in [-0.4, -0.2) is 45.9 Å². The Labute approximate surface area is 862 Å². The first-order chi connectivity index (χ1) is 66.9. The average molecular weight is 2360 g/mol. The van der Waals surface area contributed by atoms with Crippen molar-refractivity contribution in [2.24, 2.45) is 0 Å². The minimum absolute atomic E-state index is 0. The third kappa shape index (κ3) is 20.7. The van der Waals surface area contributed by atoms with Gasteiger partial charge in [-0.05, 0) is 149 Å². The number of hydrogen-bond acceptors (Lipinski definition) is 10. The molecule has 0 bridgehead atoms. The van der Waals surface area contributed by atoms with Gasteiger partial charge in [0.2, 0.25) is 0 Å². The van der Waals surface area contributed by atoms with Crippen molar-refractivity contribution in [3.8, 4) is 84.0 Å². The van der Waals surface area contributed by atoms with Crippen molar-refractivity contribution in [1.29, 1.82) is 0 Å². The second kappa shape index (κ2) is 44.2. The molecule has 8 heterocycles. The zero-order valence-electron chi connectivity index (χ0n) is 78.0. The van der Waals surface area contributed by atoms with E-state index in [1.807, 2.05) is 165 Å². The first-order valence-electron chi connectivity index (χ1n) is 46.4. The molecule has 1 aliphatic carbocycles. The Morgan fingerprint density at radius 2 is 0.820 bits per heavy atom. The average Bonchev–Trinajstić information content (AvgIpc) is 1.57. The van der Waals surface area contributed by atoms with Crippen LogP contribution in [0.25, 0.3) is 137 Å². The van der Waals surface area contributed by atoms with E-state index in [0.717, 1.165) is 78.7 Å². The molecule has 21 aromatic rings. The minimum Gasteiger partial charge on any atom is -0.619 e. The zero-order chi connectivity index (χ0) is 92.4. The Kier molecular flexibility index (Phi) is 30.8. The standard InChI is InChI=1S/C35H36N2.C32H23N3.C22H16N2S.C13H8N2.2C10H8N2.3Pt/c1-4-6-22-35(23-7-5-2)31-13-9-8-12-29(31)30-21-18-27(24-32(30)35)26-16-19-28(20-17-26)37-25-36(3)33-14-10-11-15-34(33)37;1-33-22-34(31-14-8-7-13-30(31)33)25-18-15-23(16-19-25)24-17-20-28-27-11-5-6-12-29(27)35(32(28)21-24)26-9-3-2-4-10-26;1-23-12-13-24(15-23)18-9-6-16(7-10-18)17-8-11-20-19-4-2-3-5-21(19)25-22(20)14-17;1-2-6-10(7-3-1)13-11-8-4-5-9-12(11)14-15-13;2*1-8-7-10(12-11-8)9-5-3-2-4-6-9;;;/h8-19,21,24-25H,4-7,22-23H2,1-3H3;2-18,20-22H,1H3;2-9,11-15H,1H3;1-6,8-9H;2*2-5,7H,1H3;;;/q6*-2;3*+4.